The Bertz CT molecular complexity index is 512. The van der Waals surface area contributed by atoms with Crippen LogP contribution in [0.15, 0.2) is 18.2 Å². The molecule has 110 valence electrons. The molecule has 1 rings (SSSR count). The molecule has 0 fully saturated rings. The highest BCUT2D eigenvalue weighted by Gasteiger charge is 2.22. The average molecular weight is 295 g/mol. The van der Waals surface area contributed by atoms with Gasteiger partial charge in [0.25, 0.3) is 0 Å². The van der Waals surface area contributed by atoms with Crippen LogP contribution in [0.1, 0.15) is 64.5 Å². The minimum absolute atomic E-state index is 0.0211. The summed E-state index contributed by atoms with van der Waals surface area (Å²) in [5.41, 5.74) is 1.99. The Balaban J connectivity index is 3.09. The Labute approximate surface area is 126 Å². The van der Waals surface area contributed by atoms with Gasteiger partial charge in [-0.2, -0.15) is 0 Å². The third kappa shape index (κ3) is 4.45. The first-order chi connectivity index (χ1) is 9.12. The third-order valence-electron chi connectivity index (χ3n) is 3.52. The van der Waals surface area contributed by atoms with Gasteiger partial charge in [-0.1, -0.05) is 44.5 Å². The Kier molecular flexibility index (Phi) is 5.52. The zero-order valence-electron chi connectivity index (χ0n) is 12.9. The number of hydrogen-bond acceptors (Lipinski definition) is 2. The third-order valence-corrected chi connectivity index (χ3v) is 3.85. The highest BCUT2D eigenvalue weighted by molar-refractivity contribution is 6.31. The zero-order valence-corrected chi connectivity index (χ0v) is 13.7. The van der Waals surface area contributed by atoms with Crippen LogP contribution in [0.5, 0.6) is 0 Å². The molecule has 1 aromatic rings. The van der Waals surface area contributed by atoms with Gasteiger partial charge in [-0.05, 0) is 42.9 Å². The Hall–Kier alpha value is -1.15. The van der Waals surface area contributed by atoms with E-state index >= 15 is 0 Å². The second kappa shape index (κ2) is 6.53. The van der Waals surface area contributed by atoms with Crippen molar-refractivity contribution < 1.29 is 9.59 Å². The van der Waals surface area contributed by atoms with E-state index in [9.17, 15) is 9.59 Å². The van der Waals surface area contributed by atoms with Crippen LogP contribution in [0, 0.1) is 0 Å². The average Bonchev–Trinajstić information content (AvgIpc) is 2.28. The normalized spacial score (nSPS) is 13.1. The van der Waals surface area contributed by atoms with E-state index in [0.29, 0.717) is 17.9 Å². The van der Waals surface area contributed by atoms with Crippen LogP contribution < -0.4 is 0 Å². The molecule has 2 nitrogen and oxygen atoms in total. The van der Waals surface area contributed by atoms with E-state index in [-0.39, 0.29) is 22.9 Å². The van der Waals surface area contributed by atoms with E-state index in [1.807, 2.05) is 18.2 Å². The number of hydrogen-bond donors (Lipinski definition) is 0. The van der Waals surface area contributed by atoms with Crippen LogP contribution in [0.25, 0.3) is 0 Å². The van der Waals surface area contributed by atoms with Gasteiger partial charge in [0.2, 0.25) is 0 Å². The van der Waals surface area contributed by atoms with Crippen LogP contribution in [-0.4, -0.2) is 11.6 Å². The molecule has 0 aliphatic heterocycles. The number of carbonyl (C=O) groups excluding carboxylic acids is 2. The summed E-state index contributed by atoms with van der Waals surface area (Å²) < 4.78 is 0. The van der Waals surface area contributed by atoms with E-state index < -0.39 is 0 Å². The zero-order chi connectivity index (χ0) is 15.5. The maximum absolute atomic E-state index is 11.8. The Morgan fingerprint density at radius 2 is 1.80 bits per heavy atom. The number of halogens is 1. The minimum atomic E-state index is -0.291. The quantitative estimate of drug-likeness (QED) is 0.790. The monoisotopic (exact) mass is 294 g/mol. The molecule has 1 aromatic carbocycles. The molecule has 0 aliphatic rings. The predicted octanol–water partition coefficient (Wildman–Crippen LogP) is 4.68. The number of benzene rings is 1. The lowest BCUT2D eigenvalue weighted by Crippen LogP contribution is -2.14. The summed E-state index contributed by atoms with van der Waals surface area (Å²) in [6.07, 6.45) is 0.931. The van der Waals surface area contributed by atoms with E-state index in [1.165, 1.54) is 0 Å². The summed E-state index contributed by atoms with van der Waals surface area (Å²) >= 11 is 6.35. The topological polar surface area (TPSA) is 34.1 Å². The second-order valence-electron chi connectivity index (χ2n) is 6.39. The first-order valence-electron chi connectivity index (χ1n) is 6.92. The molecular weight excluding hydrogens is 272 g/mol. The summed E-state index contributed by atoms with van der Waals surface area (Å²) in [5, 5.41) is 0.612. The van der Waals surface area contributed by atoms with Crippen molar-refractivity contribution in [1.29, 1.82) is 0 Å². The summed E-state index contributed by atoms with van der Waals surface area (Å²) in [7, 11) is 0. The lowest BCUT2D eigenvalue weighted by Gasteiger charge is -2.22. The van der Waals surface area contributed by atoms with Crippen molar-refractivity contribution in [2.45, 2.75) is 58.8 Å². The van der Waals surface area contributed by atoms with E-state index in [4.69, 9.17) is 11.6 Å². The van der Waals surface area contributed by atoms with Crippen LogP contribution in [0.4, 0.5) is 0 Å². The highest BCUT2D eigenvalue weighted by Crippen LogP contribution is 2.33. The molecule has 1 unspecified atom stereocenters. The summed E-state index contributed by atoms with van der Waals surface area (Å²) in [5.74, 6) is -0.143. The van der Waals surface area contributed by atoms with E-state index in [0.717, 1.165) is 11.1 Å². The van der Waals surface area contributed by atoms with Gasteiger partial charge in [0.15, 0.2) is 0 Å². The molecule has 0 aromatic heterocycles. The lowest BCUT2D eigenvalue weighted by atomic mass is 9.84. The first-order valence-corrected chi connectivity index (χ1v) is 7.30. The van der Waals surface area contributed by atoms with Gasteiger partial charge in [-0.25, -0.2) is 0 Å². The minimum Gasteiger partial charge on any atom is -0.300 e. The number of rotatable bonds is 5. The molecule has 0 amide bonds. The maximum atomic E-state index is 11.8. The molecule has 0 bridgehead atoms. The predicted molar refractivity (Wildman–Crippen MR) is 83.5 cm³/mol. The van der Waals surface area contributed by atoms with Gasteiger partial charge in [-0.15, -0.1) is 0 Å². The molecule has 1 atom stereocenters. The molecule has 0 saturated carbocycles. The number of ketones is 2. The number of Topliss-reactive ketones (excluding diaryl/α,β-unsaturated/α-hetero) is 2. The van der Waals surface area contributed by atoms with Crippen molar-refractivity contribution in [2.75, 3.05) is 0 Å². The fourth-order valence-corrected chi connectivity index (χ4v) is 2.51. The molecule has 20 heavy (non-hydrogen) atoms. The summed E-state index contributed by atoms with van der Waals surface area (Å²) in [4.78, 5) is 22.9. The largest absolute Gasteiger partial charge is 0.300 e. The smallest absolute Gasteiger partial charge is 0.137 e. The molecular formula is C17H23ClO2. The van der Waals surface area contributed by atoms with Gasteiger partial charge >= 0.3 is 0 Å². The van der Waals surface area contributed by atoms with Gasteiger partial charge in [0.05, 0.1) is 0 Å². The van der Waals surface area contributed by atoms with Gasteiger partial charge in [-0.3, -0.25) is 4.79 Å². The molecule has 0 spiro atoms. The maximum Gasteiger partial charge on any atom is 0.137 e. The standard InChI is InChI=1S/C17H23ClO2/c1-11(19)6-8-14(12(2)20)15-9-7-13(10-16(15)18)17(3,4)5/h7,9-10,14H,6,8H2,1-5H3. The Morgan fingerprint density at radius 3 is 2.20 bits per heavy atom. The molecule has 0 heterocycles. The lowest BCUT2D eigenvalue weighted by molar-refractivity contribution is -0.119. The van der Waals surface area contributed by atoms with Crippen molar-refractivity contribution in [2.24, 2.45) is 0 Å². The Morgan fingerprint density at radius 1 is 1.20 bits per heavy atom. The van der Waals surface area contributed by atoms with Gasteiger partial charge < -0.3 is 4.79 Å². The van der Waals surface area contributed by atoms with Crippen molar-refractivity contribution in [1.82, 2.24) is 0 Å². The molecule has 0 N–H and O–H groups in total. The van der Waals surface area contributed by atoms with Crippen molar-refractivity contribution >= 4 is 23.2 Å². The van der Waals surface area contributed by atoms with Crippen molar-refractivity contribution in [3.05, 3.63) is 34.3 Å². The summed E-state index contributed by atoms with van der Waals surface area (Å²) in [6, 6.07) is 5.88. The molecule has 0 saturated heterocycles. The van der Waals surface area contributed by atoms with Crippen molar-refractivity contribution in [3.63, 3.8) is 0 Å². The van der Waals surface area contributed by atoms with Crippen LogP contribution >= 0.6 is 11.6 Å². The first kappa shape index (κ1) is 16.9. The molecule has 0 aliphatic carbocycles. The van der Waals surface area contributed by atoms with Crippen LogP contribution in [0.3, 0.4) is 0 Å². The van der Waals surface area contributed by atoms with E-state index in [1.54, 1.807) is 13.8 Å². The fraction of sp³-hybridized carbons (Fsp3) is 0.529. The second-order valence-corrected chi connectivity index (χ2v) is 6.80. The van der Waals surface area contributed by atoms with Crippen molar-refractivity contribution in [3.8, 4) is 0 Å². The molecule has 0 radical (unpaired) electrons. The van der Waals surface area contributed by atoms with Crippen LogP contribution in [-0.2, 0) is 15.0 Å². The number of carbonyl (C=O) groups is 2. The summed E-state index contributed by atoms with van der Waals surface area (Å²) in [6.45, 7) is 9.46. The highest BCUT2D eigenvalue weighted by atomic mass is 35.5. The fourth-order valence-electron chi connectivity index (χ4n) is 2.20. The van der Waals surface area contributed by atoms with E-state index in [2.05, 4.69) is 20.8 Å². The van der Waals surface area contributed by atoms with Gasteiger partial charge in [0, 0.05) is 17.4 Å². The van der Waals surface area contributed by atoms with Crippen LogP contribution in [0.2, 0.25) is 5.02 Å². The SMILES string of the molecule is CC(=O)CCC(C(C)=O)c1ccc(C(C)(C)C)cc1Cl. The van der Waals surface area contributed by atoms with Gasteiger partial charge in [0.1, 0.15) is 11.6 Å². The molecule has 3 heteroatoms.